The fourth-order valence-electron chi connectivity index (χ4n) is 4.27. The molecule has 1 aliphatic rings. The second-order valence-electron chi connectivity index (χ2n) is 10.6. The lowest BCUT2D eigenvalue weighted by Gasteiger charge is -2.39. The van der Waals surface area contributed by atoms with E-state index in [1.165, 1.54) is 0 Å². The topological polar surface area (TPSA) is 105 Å². The number of carboxylic acid groups (broad SMARTS) is 1. The highest BCUT2D eigenvalue weighted by Crippen LogP contribution is 2.44. The van der Waals surface area contributed by atoms with E-state index in [2.05, 4.69) is 34.9 Å². The van der Waals surface area contributed by atoms with Crippen molar-refractivity contribution in [2.24, 2.45) is 11.3 Å². The van der Waals surface area contributed by atoms with Crippen LogP contribution >= 0.6 is 0 Å². The summed E-state index contributed by atoms with van der Waals surface area (Å²) >= 11 is 0. The van der Waals surface area contributed by atoms with Crippen molar-refractivity contribution in [3.8, 4) is 11.1 Å². The molecule has 0 heterocycles. The van der Waals surface area contributed by atoms with E-state index in [4.69, 9.17) is 4.74 Å². The van der Waals surface area contributed by atoms with Gasteiger partial charge in [-0.25, -0.2) is 4.79 Å². The number of carboxylic acids is 1. The van der Waals surface area contributed by atoms with Crippen molar-refractivity contribution in [1.82, 2.24) is 10.6 Å². The Kier molecular flexibility index (Phi) is 7.58. The number of carbonyl (C=O) groups excluding carboxylic acids is 2. The summed E-state index contributed by atoms with van der Waals surface area (Å²) in [4.78, 5) is 37.1. The van der Waals surface area contributed by atoms with E-state index in [9.17, 15) is 19.5 Å². The van der Waals surface area contributed by atoms with Gasteiger partial charge in [0.05, 0.1) is 5.41 Å². The van der Waals surface area contributed by atoms with E-state index in [0.717, 1.165) is 22.3 Å². The third-order valence-electron chi connectivity index (χ3n) is 7.41. The number of benzene rings is 2. The Morgan fingerprint density at radius 1 is 0.943 bits per heavy atom. The van der Waals surface area contributed by atoms with Gasteiger partial charge in [0.2, 0.25) is 5.91 Å². The molecule has 7 heteroatoms. The van der Waals surface area contributed by atoms with Crippen LogP contribution < -0.4 is 10.6 Å². The minimum absolute atomic E-state index is 0.0149. The number of alkyl carbamates (subject to hydrolysis) is 1. The maximum absolute atomic E-state index is 12.8. The molecule has 0 bridgehead atoms. The first-order valence-corrected chi connectivity index (χ1v) is 12.0. The summed E-state index contributed by atoms with van der Waals surface area (Å²) in [6, 6.07) is 15.8. The van der Waals surface area contributed by atoms with Gasteiger partial charge in [-0.3, -0.25) is 9.59 Å². The minimum atomic E-state index is -1.17. The van der Waals surface area contributed by atoms with Crippen LogP contribution in [0.15, 0.2) is 48.5 Å². The highest BCUT2D eigenvalue weighted by atomic mass is 16.5. The Bertz CT molecular complexity index is 1060. The van der Waals surface area contributed by atoms with Crippen LogP contribution in [0.3, 0.4) is 0 Å². The van der Waals surface area contributed by atoms with Gasteiger partial charge in [-0.2, -0.15) is 0 Å². The van der Waals surface area contributed by atoms with E-state index in [1.807, 2.05) is 38.1 Å². The van der Waals surface area contributed by atoms with Crippen molar-refractivity contribution in [1.29, 1.82) is 0 Å². The van der Waals surface area contributed by atoms with Crippen LogP contribution in [-0.4, -0.2) is 41.3 Å². The second kappa shape index (κ2) is 10.1. The van der Waals surface area contributed by atoms with Gasteiger partial charge in [0.1, 0.15) is 6.61 Å². The average Bonchev–Trinajstić information content (AvgIpc) is 3.10. The molecule has 0 saturated carbocycles. The van der Waals surface area contributed by atoms with Crippen LogP contribution in [0.4, 0.5) is 4.79 Å². The second-order valence-corrected chi connectivity index (χ2v) is 10.6. The maximum Gasteiger partial charge on any atom is 0.407 e. The molecule has 3 rings (SSSR count). The summed E-state index contributed by atoms with van der Waals surface area (Å²) in [5.74, 6) is -1.41. The van der Waals surface area contributed by atoms with Crippen LogP contribution in [0.2, 0.25) is 0 Å². The number of aliphatic carboxylic acids is 1. The van der Waals surface area contributed by atoms with E-state index in [-0.39, 0.29) is 30.8 Å². The molecule has 2 aromatic carbocycles. The van der Waals surface area contributed by atoms with Gasteiger partial charge in [0, 0.05) is 23.9 Å². The largest absolute Gasteiger partial charge is 0.481 e. The van der Waals surface area contributed by atoms with Crippen LogP contribution in [0.1, 0.15) is 65.0 Å². The first kappa shape index (κ1) is 26.3. The maximum atomic E-state index is 12.8. The van der Waals surface area contributed by atoms with Gasteiger partial charge < -0.3 is 20.5 Å². The molecule has 1 aliphatic carbocycles. The lowest BCUT2D eigenvalue weighted by molar-refractivity contribution is -0.151. The molecular formula is C28H36N2O5. The van der Waals surface area contributed by atoms with E-state index >= 15 is 0 Å². The highest BCUT2D eigenvalue weighted by molar-refractivity contribution is 5.82. The van der Waals surface area contributed by atoms with E-state index in [0.29, 0.717) is 0 Å². The standard InChI is InChI=1S/C28H36N2O5/c1-17(2)23(15-24(31)30-28(5,6)27(3,4)25(32)33)29-26(34)35-16-22-20-13-9-7-11-18(20)19-12-8-10-14-21(19)22/h7-14,17,22-23H,15-16H2,1-6H3,(H,29,34)(H,30,31)(H,32,33)/t23-/m0/s1. The zero-order chi connectivity index (χ0) is 26.0. The van der Waals surface area contributed by atoms with Crippen LogP contribution in [0.25, 0.3) is 11.1 Å². The summed E-state index contributed by atoms with van der Waals surface area (Å²) in [7, 11) is 0. The van der Waals surface area contributed by atoms with Gasteiger partial charge in [0.25, 0.3) is 0 Å². The Labute approximate surface area is 207 Å². The number of carbonyl (C=O) groups is 3. The zero-order valence-electron chi connectivity index (χ0n) is 21.3. The molecule has 1 atom stereocenters. The summed E-state index contributed by atoms with van der Waals surface area (Å²) in [6.45, 7) is 10.5. The van der Waals surface area contributed by atoms with Crippen molar-refractivity contribution < 1.29 is 24.2 Å². The summed E-state index contributed by atoms with van der Waals surface area (Å²) in [5, 5.41) is 15.2. The third kappa shape index (κ3) is 5.50. The van der Waals surface area contributed by atoms with E-state index < -0.39 is 29.1 Å². The van der Waals surface area contributed by atoms with Crippen molar-refractivity contribution in [3.63, 3.8) is 0 Å². The van der Waals surface area contributed by atoms with Gasteiger partial charge in [-0.15, -0.1) is 0 Å². The number of hydrogen-bond donors (Lipinski definition) is 3. The van der Waals surface area contributed by atoms with Gasteiger partial charge in [-0.05, 0) is 55.9 Å². The molecular weight excluding hydrogens is 444 g/mol. The molecule has 0 saturated heterocycles. The predicted octanol–water partition coefficient (Wildman–Crippen LogP) is 4.95. The molecule has 0 aliphatic heterocycles. The number of rotatable bonds is 9. The van der Waals surface area contributed by atoms with E-state index in [1.54, 1.807) is 27.7 Å². The molecule has 0 aromatic heterocycles. The van der Waals surface area contributed by atoms with Crippen molar-refractivity contribution in [2.45, 2.75) is 65.5 Å². The molecule has 7 nitrogen and oxygen atoms in total. The first-order chi connectivity index (χ1) is 16.3. The van der Waals surface area contributed by atoms with Crippen LogP contribution in [-0.2, 0) is 14.3 Å². The first-order valence-electron chi connectivity index (χ1n) is 12.0. The molecule has 188 valence electrons. The number of ether oxygens (including phenoxy) is 1. The SMILES string of the molecule is CC(C)[C@H](CC(=O)NC(C)(C)C(C)(C)C(=O)O)NC(=O)OCC1c2ccccc2-c2ccccc21. The van der Waals surface area contributed by atoms with Crippen molar-refractivity contribution >= 4 is 18.0 Å². The zero-order valence-corrected chi connectivity index (χ0v) is 21.3. The van der Waals surface area contributed by atoms with Crippen molar-refractivity contribution in [2.75, 3.05) is 6.61 Å². The Morgan fingerprint density at radius 2 is 1.46 bits per heavy atom. The van der Waals surface area contributed by atoms with Crippen LogP contribution in [0, 0.1) is 11.3 Å². The monoisotopic (exact) mass is 480 g/mol. The highest BCUT2D eigenvalue weighted by Gasteiger charge is 2.44. The average molecular weight is 481 g/mol. The molecule has 2 amide bonds. The smallest absolute Gasteiger partial charge is 0.407 e. The lowest BCUT2D eigenvalue weighted by Crippen LogP contribution is -2.57. The summed E-state index contributed by atoms with van der Waals surface area (Å²) in [6.07, 6.45) is -0.565. The lowest BCUT2D eigenvalue weighted by atomic mass is 9.74. The molecule has 35 heavy (non-hydrogen) atoms. The van der Waals surface area contributed by atoms with Gasteiger partial charge in [-0.1, -0.05) is 62.4 Å². The molecule has 3 N–H and O–H groups in total. The number of nitrogens with one attached hydrogen (secondary N) is 2. The normalized spacial score (nSPS) is 14.1. The molecule has 2 aromatic rings. The predicted molar refractivity (Wildman–Crippen MR) is 135 cm³/mol. The van der Waals surface area contributed by atoms with Crippen LogP contribution in [0.5, 0.6) is 0 Å². The molecule has 0 unspecified atom stereocenters. The number of hydrogen-bond acceptors (Lipinski definition) is 4. The Balaban J connectivity index is 1.62. The van der Waals surface area contributed by atoms with Gasteiger partial charge in [0.15, 0.2) is 0 Å². The summed E-state index contributed by atoms with van der Waals surface area (Å²) < 4.78 is 5.63. The quantitative estimate of drug-likeness (QED) is 0.471. The molecule has 0 fully saturated rings. The fraction of sp³-hybridized carbons (Fsp3) is 0.464. The Hall–Kier alpha value is -3.35. The molecule has 0 radical (unpaired) electrons. The van der Waals surface area contributed by atoms with Gasteiger partial charge >= 0.3 is 12.1 Å². The van der Waals surface area contributed by atoms with Crippen molar-refractivity contribution in [3.05, 3.63) is 59.7 Å². The minimum Gasteiger partial charge on any atom is -0.481 e. The summed E-state index contributed by atoms with van der Waals surface area (Å²) in [5.41, 5.74) is 2.41. The number of amides is 2. The fourth-order valence-corrected chi connectivity index (χ4v) is 4.27. The Morgan fingerprint density at radius 3 is 1.94 bits per heavy atom. The third-order valence-corrected chi connectivity index (χ3v) is 7.41. The molecule has 0 spiro atoms. The number of fused-ring (bicyclic) bond motifs is 3.